The van der Waals surface area contributed by atoms with E-state index in [1.54, 1.807) is 0 Å². The summed E-state index contributed by atoms with van der Waals surface area (Å²) in [5.74, 6) is 0.789. The lowest BCUT2D eigenvalue weighted by atomic mass is 10.0. The maximum absolute atomic E-state index is 10.8. The topological polar surface area (TPSA) is 77.1 Å². The van der Waals surface area contributed by atoms with Gasteiger partial charge < -0.3 is 10.2 Å². The molecule has 3 heterocycles. The van der Waals surface area contributed by atoms with Crippen molar-refractivity contribution in [2.75, 3.05) is 39.3 Å². The fourth-order valence-electron chi connectivity index (χ4n) is 3.59. The third-order valence-electron chi connectivity index (χ3n) is 4.93. The highest BCUT2D eigenvalue weighted by atomic mass is 35.5. The quantitative estimate of drug-likeness (QED) is 0.675. The number of aromatic hydroxyl groups is 1. The fourth-order valence-corrected chi connectivity index (χ4v) is 4.87. The summed E-state index contributed by atoms with van der Waals surface area (Å²) in [6.45, 7) is 6.14. The van der Waals surface area contributed by atoms with E-state index in [4.69, 9.17) is 11.6 Å². The minimum atomic E-state index is -0.0904. The Kier molecular flexibility index (Phi) is 5.34. The number of thiazole rings is 1. The Morgan fingerprint density at radius 1 is 1.19 bits per heavy atom. The Bertz CT molecular complexity index is 918. The zero-order chi connectivity index (χ0) is 19.0. The minimum Gasteiger partial charge on any atom is -0.492 e. The van der Waals surface area contributed by atoms with E-state index < -0.39 is 0 Å². The Labute approximate surface area is 166 Å². The second-order valence-corrected chi connectivity index (χ2v) is 8.14. The molecule has 1 unspecified atom stereocenters. The van der Waals surface area contributed by atoms with Gasteiger partial charge in [0.05, 0.1) is 17.5 Å². The summed E-state index contributed by atoms with van der Waals surface area (Å²) >= 11 is 7.55. The van der Waals surface area contributed by atoms with Crippen molar-refractivity contribution >= 4 is 27.9 Å². The largest absolute Gasteiger partial charge is 0.492 e. The van der Waals surface area contributed by atoms with E-state index in [0.29, 0.717) is 22.4 Å². The van der Waals surface area contributed by atoms with Gasteiger partial charge in [0.1, 0.15) is 5.82 Å². The van der Waals surface area contributed by atoms with Gasteiger partial charge >= 0.3 is 0 Å². The van der Waals surface area contributed by atoms with Crippen LogP contribution in [0.15, 0.2) is 24.3 Å². The van der Waals surface area contributed by atoms with Gasteiger partial charge in [0.15, 0.2) is 0 Å². The van der Waals surface area contributed by atoms with Crippen LogP contribution in [0.4, 0.5) is 0 Å². The van der Waals surface area contributed by atoms with Crippen molar-refractivity contribution in [3.63, 3.8) is 0 Å². The molecule has 4 rings (SSSR count). The monoisotopic (exact) mass is 407 g/mol. The number of benzene rings is 1. The number of hydrogen-bond acceptors (Lipinski definition) is 7. The molecule has 144 valence electrons. The first-order valence-electron chi connectivity index (χ1n) is 8.94. The Balaban J connectivity index is 1.70. The summed E-state index contributed by atoms with van der Waals surface area (Å²) in [6, 6.07) is 7.68. The van der Waals surface area contributed by atoms with Gasteiger partial charge in [-0.2, -0.15) is 4.52 Å². The first-order chi connectivity index (χ1) is 13.1. The van der Waals surface area contributed by atoms with E-state index in [0.717, 1.165) is 36.6 Å². The van der Waals surface area contributed by atoms with Crippen LogP contribution in [-0.4, -0.2) is 73.9 Å². The van der Waals surface area contributed by atoms with Gasteiger partial charge in [0, 0.05) is 37.7 Å². The van der Waals surface area contributed by atoms with Crippen molar-refractivity contribution in [1.29, 1.82) is 0 Å². The molecule has 1 aliphatic rings. The highest BCUT2D eigenvalue weighted by molar-refractivity contribution is 7.17. The summed E-state index contributed by atoms with van der Waals surface area (Å²) in [4.78, 5) is 10.5. The molecule has 9 heteroatoms. The number of fused-ring (bicyclic) bond motifs is 1. The summed E-state index contributed by atoms with van der Waals surface area (Å²) in [5, 5.41) is 25.0. The van der Waals surface area contributed by atoms with Crippen LogP contribution >= 0.6 is 22.9 Å². The van der Waals surface area contributed by atoms with Gasteiger partial charge in [-0.1, -0.05) is 35.1 Å². The van der Waals surface area contributed by atoms with Crippen LogP contribution in [-0.2, 0) is 0 Å². The fraction of sp³-hybridized carbons (Fsp3) is 0.444. The van der Waals surface area contributed by atoms with E-state index in [9.17, 15) is 10.2 Å². The normalized spacial score (nSPS) is 17.6. The van der Waals surface area contributed by atoms with Gasteiger partial charge in [0.2, 0.25) is 10.8 Å². The standard InChI is InChI=1S/C18H22ClN5O2S/c1-12-20-18-24(21-12)17(26)16(27-18)15(13-2-4-14(19)5-3-13)23-8-6-22(7-9-23)10-11-25/h2-5,15,25-26H,6-11H2,1H3. The minimum absolute atomic E-state index is 0.0904. The molecule has 1 atom stereocenters. The molecular formula is C18H22ClN5O2S. The van der Waals surface area contributed by atoms with E-state index in [1.165, 1.54) is 15.9 Å². The first-order valence-corrected chi connectivity index (χ1v) is 10.1. The third kappa shape index (κ3) is 3.68. The van der Waals surface area contributed by atoms with Crippen LogP contribution in [0.3, 0.4) is 0 Å². The van der Waals surface area contributed by atoms with Crippen LogP contribution in [0.1, 0.15) is 22.3 Å². The molecule has 1 aliphatic heterocycles. The molecule has 1 aromatic carbocycles. The molecule has 27 heavy (non-hydrogen) atoms. The number of piperazine rings is 1. The van der Waals surface area contributed by atoms with Crippen molar-refractivity contribution in [3.8, 4) is 5.88 Å². The Morgan fingerprint density at radius 3 is 2.52 bits per heavy atom. The summed E-state index contributed by atoms with van der Waals surface area (Å²) in [7, 11) is 0. The lowest BCUT2D eigenvalue weighted by molar-refractivity contribution is 0.0945. The zero-order valence-electron chi connectivity index (χ0n) is 15.0. The van der Waals surface area contributed by atoms with E-state index in [2.05, 4.69) is 19.9 Å². The number of halogens is 1. The summed E-state index contributed by atoms with van der Waals surface area (Å²) < 4.78 is 1.51. The number of aromatic nitrogens is 3. The van der Waals surface area contributed by atoms with Crippen LogP contribution in [0.2, 0.25) is 5.02 Å². The van der Waals surface area contributed by atoms with Crippen LogP contribution in [0.25, 0.3) is 4.96 Å². The lowest BCUT2D eigenvalue weighted by Crippen LogP contribution is -2.48. The van der Waals surface area contributed by atoms with Gasteiger partial charge in [-0.3, -0.25) is 9.80 Å². The van der Waals surface area contributed by atoms with Gasteiger partial charge in [-0.05, 0) is 24.6 Å². The highest BCUT2D eigenvalue weighted by Gasteiger charge is 2.31. The maximum Gasteiger partial charge on any atom is 0.230 e. The predicted molar refractivity (Wildman–Crippen MR) is 106 cm³/mol. The molecule has 0 spiro atoms. The molecular weight excluding hydrogens is 386 g/mol. The summed E-state index contributed by atoms with van der Waals surface area (Å²) in [5.41, 5.74) is 1.08. The maximum atomic E-state index is 10.8. The van der Waals surface area contributed by atoms with E-state index in [1.807, 2.05) is 31.2 Å². The van der Waals surface area contributed by atoms with Crippen molar-refractivity contribution in [2.45, 2.75) is 13.0 Å². The number of nitrogens with zero attached hydrogens (tertiary/aromatic N) is 5. The van der Waals surface area contributed by atoms with E-state index >= 15 is 0 Å². The molecule has 1 saturated heterocycles. The average molecular weight is 408 g/mol. The first kappa shape index (κ1) is 18.6. The molecule has 0 aliphatic carbocycles. The number of β-amino-alcohol motifs (C(OH)–C–C–N with tert-alkyl or cyclic N) is 1. The summed E-state index contributed by atoms with van der Waals surface area (Å²) in [6.07, 6.45) is 0. The van der Waals surface area contributed by atoms with Crippen molar-refractivity contribution in [1.82, 2.24) is 24.4 Å². The highest BCUT2D eigenvalue weighted by Crippen LogP contribution is 2.40. The molecule has 7 nitrogen and oxygen atoms in total. The molecule has 1 fully saturated rings. The average Bonchev–Trinajstić information content (AvgIpc) is 3.16. The Hall–Kier alpha value is -1.71. The molecule has 0 bridgehead atoms. The van der Waals surface area contributed by atoms with Crippen LogP contribution in [0.5, 0.6) is 5.88 Å². The molecule has 0 radical (unpaired) electrons. The Morgan fingerprint density at radius 2 is 1.89 bits per heavy atom. The van der Waals surface area contributed by atoms with Crippen molar-refractivity contribution in [2.24, 2.45) is 0 Å². The number of hydrogen-bond donors (Lipinski definition) is 2. The predicted octanol–water partition coefficient (Wildman–Crippen LogP) is 2.16. The van der Waals surface area contributed by atoms with Crippen LogP contribution in [0, 0.1) is 6.92 Å². The van der Waals surface area contributed by atoms with Gasteiger partial charge in [0.25, 0.3) is 0 Å². The second kappa shape index (κ2) is 7.73. The van der Waals surface area contributed by atoms with Crippen molar-refractivity contribution in [3.05, 3.63) is 45.6 Å². The van der Waals surface area contributed by atoms with Crippen molar-refractivity contribution < 1.29 is 10.2 Å². The molecule has 0 saturated carbocycles. The second-order valence-electron chi connectivity index (χ2n) is 6.70. The van der Waals surface area contributed by atoms with Crippen LogP contribution < -0.4 is 0 Å². The molecule has 2 aromatic heterocycles. The molecule has 3 aromatic rings. The number of aryl methyl sites for hydroxylation is 1. The number of rotatable bonds is 5. The number of aliphatic hydroxyl groups is 1. The number of aliphatic hydroxyl groups excluding tert-OH is 1. The zero-order valence-corrected chi connectivity index (χ0v) is 16.6. The van der Waals surface area contributed by atoms with Gasteiger partial charge in [-0.15, -0.1) is 5.10 Å². The molecule has 0 amide bonds. The lowest BCUT2D eigenvalue weighted by Gasteiger charge is -2.39. The third-order valence-corrected chi connectivity index (χ3v) is 6.25. The smallest absolute Gasteiger partial charge is 0.230 e. The SMILES string of the molecule is Cc1nc2sc(C(c3ccc(Cl)cc3)N3CCN(CCO)CC3)c(O)n2n1. The van der Waals surface area contributed by atoms with Gasteiger partial charge in [-0.25, -0.2) is 4.98 Å². The van der Waals surface area contributed by atoms with E-state index in [-0.39, 0.29) is 18.5 Å². The molecule has 2 N–H and O–H groups in total.